The largest absolute Gasteiger partial charge is 0.385 e. The minimum Gasteiger partial charge on any atom is -0.385 e. The summed E-state index contributed by atoms with van der Waals surface area (Å²) in [5.74, 6) is 1.19. The van der Waals surface area contributed by atoms with Crippen molar-refractivity contribution >= 4 is 17.4 Å². The molecule has 3 N–H and O–H groups in total. The smallest absolute Gasteiger partial charge is 0.128 e. The molecule has 0 bridgehead atoms. The molecule has 0 aromatic heterocycles. The number of alkyl halides is 1. The summed E-state index contributed by atoms with van der Waals surface area (Å²) in [7, 11) is 0. The Hall–Kier alpha value is -0.320. The SMILES string of the molecule is NC1=NC2CCC(Cl)CC2C1(O)CC1CC2CCCCC2O1. The molecule has 4 nitrogen and oxygen atoms in total. The van der Waals surface area contributed by atoms with Gasteiger partial charge in [-0.2, -0.15) is 0 Å². The van der Waals surface area contributed by atoms with Gasteiger partial charge in [-0.05, 0) is 44.4 Å². The second kappa shape index (κ2) is 5.64. The fraction of sp³-hybridized carbons (Fsp3) is 0.941. The van der Waals surface area contributed by atoms with Gasteiger partial charge >= 0.3 is 0 Å². The van der Waals surface area contributed by atoms with Crippen molar-refractivity contribution in [1.82, 2.24) is 0 Å². The molecular weight excluding hydrogens is 300 g/mol. The number of nitrogens with zero attached hydrogens (tertiary/aromatic N) is 1. The molecule has 2 aliphatic heterocycles. The normalized spacial score (nSPS) is 51.3. The van der Waals surface area contributed by atoms with Crippen LogP contribution >= 0.6 is 11.6 Å². The molecule has 3 fully saturated rings. The second-order valence-electron chi connectivity index (χ2n) is 7.80. The molecule has 0 radical (unpaired) electrons. The van der Waals surface area contributed by atoms with Gasteiger partial charge in [0, 0.05) is 17.7 Å². The van der Waals surface area contributed by atoms with E-state index in [1.54, 1.807) is 0 Å². The standard InChI is InChI=1S/C17H27ClN2O2/c18-11-5-6-14-13(8-11)17(21,16(19)20-14)9-12-7-10-3-1-2-4-15(10)22-12/h10-15,21H,1-9H2,(H2,19,20). The van der Waals surface area contributed by atoms with Crippen molar-refractivity contribution < 1.29 is 9.84 Å². The molecule has 2 saturated carbocycles. The van der Waals surface area contributed by atoms with Crippen molar-refractivity contribution in [2.75, 3.05) is 0 Å². The molecule has 1 saturated heterocycles. The molecular formula is C17H27ClN2O2. The third-order valence-corrected chi connectivity index (χ3v) is 6.82. The van der Waals surface area contributed by atoms with E-state index in [0.717, 1.165) is 25.7 Å². The zero-order valence-electron chi connectivity index (χ0n) is 13.1. The molecule has 0 aromatic carbocycles. The number of halogens is 1. The van der Waals surface area contributed by atoms with Crippen molar-refractivity contribution in [3.63, 3.8) is 0 Å². The summed E-state index contributed by atoms with van der Waals surface area (Å²) < 4.78 is 6.24. The van der Waals surface area contributed by atoms with Crippen LogP contribution in [0.5, 0.6) is 0 Å². The molecule has 2 heterocycles. The lowest BCUT2D eigenvalue weighted by Crippen LogP contribution is -2.51. The van der Waals surface area contributed by atoms with Crippen molar-refractivity contribution in [3.05, 3.63) is 0 Å². The number of aliphatic imine (C=N–C) groups is 1. The summed E-state index contributed by atoms with van der Waals surface area (Å²) in [6.45, 7) is 0. The van der Waals surface area contributed by atoms with Gasteiger partial charge in [0.2, 0.25) is 0 Å². The van der Waals surface area contributed by atoms with E-state index in [-0.39, 0.29) is 23.4 Å². The van der Waals surface area contributed by atoms with Crippen LogP contribution in [0.2, 0.25) is 0 Å². The van der Waals surface area contributed by atoms with E-state index in [1.807, 2.05) is 0 Å². The summed E-state index contributed by atoms with van der Waals surface area (Å²) in [5.41, 5.74) is 5.14. The topological polar surface area (TPSA) is 67.8 Å². The highest BCUT2D eigenvalue weighted by molar-refractivity contribution is 6.20. The summed E-state index contributed by atoms with van der Waals surface area (Å²) in [5, 5.41) is 11.4. The zero-order valence-corrected chi connectivity index (χ0v) is 13.8. The molecule has 7 atom stereocenters. The highest BCUT2D eigenvalue weighted by Crippen LogP contribution is 2.46. The number of hydrogen-bond donors (Lipinski definition) is 2. The average molecular weight is 327 g/mol. The monoisotopic (exact) mass is 326 g/mol. The van der Waals surface area contributed by atoms with E-state index in [2.05, 4.69) is 4.99 Å². The lowest BCUT2D eigenvalue weighted by molar-refractivity contribution is -0.0411. The maximum absolute atomic E-state index is 11.3. The lowest BCUT2D eigenvalue weighted by atomic mass is 9.73. The number of amidine groups is 1. The van der Waals surface area contributed by atoms with Crippen molar-refractivity contribution in [2.24, 2.45) is 22.6 Å². The average Bonchev–Trinajstić information content (AvgIpc) is 2.99. The number of nitrogens with two attached hydrogens (primary N) is 1. The quantitative estimate of drug-likeness (QED) is 0.766. The van der Waals surface area contributed by atoms with E-state index in [1.165, 1.54) is 25.7 Å². The number of fused-ring (bicyclic) bond motifs is 2. The van der Waals surface area contributed by atoms with E-state index in [0.29, 0.717) is 24.3 Å². The van der Waals surface area contributed by atoms with E-state index >= 15 is 0 Å². The Kier molecular flexibility index (Phi) is 3.90. The van der Waals surface area contributed by atoms with Crippen LogP contribution in [0, 0.1) is 11.8 Å². The Morgan fingerprint density at radius 2 is 2.05 bits per heavy atom. The molecule has 124 valence electrons. The lowest BCUT2D eigenvalue weighted by Gasteiger charge is -2.38. The molecule has 5 heteroatoms. The van der Waals surface area contributed by atoms with Crippen LogP contribution in [0.25, 0.3) is 0 Å². The van der Waals surface area contributed by atoms with Gasteiger partial charge in [-0.3, -0.25) is 4.99 Å². The van der Waals surface area contributed by atoms with Crippen LogP contribution in [0.15, 0.2) is 4.99 Å². The summed E-state index contributed by atoms with van der Waals surface area (Å²) in [6.07, 6.45) is 9.99. The molecule has 0 amide bonds. The van der Waals surface area contributed by atoms with Gasteiger partial charge in [0.1, 0.15) is 11.4 Å². The first kappa shape index (κ1) is 15.2. The van der Waals surface area contributed by atoms with Crippen molar-refractivity contribution in [2.45, 2.75) is 87.0 Å². The first-order chi connectivity index (χ1) is 10.6. The molecule has 0 aromatic rings. The van der Waals surface area contributed by atoms with Crippen LogP contribution in [0.4, 0.5) is 0 Å². The summed E-state index contributed by atoms with van der Waals surface area (Å²) >= 11 is 6.34. The van der Waals surface area contributed by atoms with Crippen LogP contribution < -0.4 is 5.73 Å². The highest BCUT2D eigenvalue weighted by atomic mass is 35.5. The molecule has 22 heavy (non-hydrogen) atoms. The van der Waals surface area contributed by atoms with Gasteiger partial charge in [-0.25, -0.2) is 0 Å². The van der Waals surface area contributed by atoms with Crippen molar-refractivity contribution in [3.8, 4) is 0 Å². The van der Waals surface area contributed by atoms with Gasteiger partial charge < -0.3 is 15.6 Å². The number of rotatable bonds is 2. The summed E-state index contributed by atoms with van der Waals surface area (Å²) in [4.78, 5) is 4.56. The van der Waals surface area contributed by atoms with Crippen molar-refractivity contribution in [1.29, 1.82) is 0 Å². The van der Waals surface area contributed by atoms with Gasteiger partial charge in [0.25, 0.3) is 0 Å². The minimum atomic E-state index is -1.00. The number of aliphatic hydroxyl groups is 1. The van der Waals surface area contributed by atoms with Crippen LogP contribution in [-0.2, 0) is 4.74 Å². The molecule has 7 unspecified atom stereocenters. The van der Waals surface area contributed by atoms with Crippen LogP contribution in [0.3, 0.4) is 0 Å². The van der Waals surface area contributed by atoms with E-state index in [9.17, 15) is 5.11 Å². The molecule has 2 aliphatic carbocycles. The Morgan fingerprint density at radius 1 is 1.23 bits per heavy atom. The second-order valence-corrected chi connectivity index (χ2v) is 8.42. The maximum atomic E-state index is 11.3. The molecule has 4 rings (SSSR count). The summed E-state index contributed by atoms with van der Waals surface area (Å²) in [6, 6.07) is 0.156. The van der Waals surface area contributed by atoms with E-state index in [4.69, 9.17) is 22.1 Å². The zero-order chi connectivity index (χ0) is 15.3. The van der Waals surface area contributed by atoms with Gasteiger partial charge in [-0.1, -0.05) is 12.8 Å². The molecule has 4 aliphatic rings. The van der Waals surface area contributed by atoms with E-state index < -0.39 is 5.60 Å². The Morgan fingerprint density at radius 3 is 2.86 bits per heavy atom. The Bertz CT molecular complexity index is 458. The van der Waals surface area contributed by atoms with Gasteiger partial charge in [0.05, 0.1) is 18.2 Å². The Balaban J connectivity index is 1.48. The highest BCUT2D eigenvalue weighted by Gasteiger charge is 2.54. The Labute approximate surface area is 137 Å². The predicted molar refractivity (Wildman–Crippen MR) is 87.2 cm³/mol. The van der Waals surface area contributed by atoms with Crippen LogP contribution in [-0.4, -0.2) is 40.2 Å². The first-order valence-electron chi connectivity index (χ1n) is 8.92. The fourth-order valence-electron chi connectivity index (χ4n) is 5.25. The number of hydrogen-bond acceptors (Lipinski definition) is 4. The third-order valence-electron chi connectivity index (χ3n) is 6.42. The first-order valence-corrected chi connectivity index (χ1v) is 9.35. The predicted octanol–water partition coefficient (Wildman–Crippen LogP) is 2.60. The van der Waals surface area contributed by atoms with Gasteiger partial charge in [-0.15, -0.1) is 11.6 Å². The fourth-order valence-corrected chi connectivity index (χ4v) is 5.57. The van der Waals surface area contributed by atoms with Gasteiger partial charge in [0.15, 0.2) is 0 Å². The number of ether oxygens (including phenoxy) is 1. The minimum absolute atomic E-state index is 0.0787. The molecule has 0 spiro atoms. The maximum Gasteiger partial charge on any atom is 0.128 e. The third kappa shape index (κ3) is 2.47. The van der Waals surface area contributed by atoms with Crippen LogP contribution in [0.1, 0.15) is 57.8 Å².